The summed E-state index contributed by atoms with van der Waals surface area (Å²) in [6, 6.07) is 7.37. The number of amides is 1. The maximum absolute atomic E-state index is 12.0. The van der Waals surface area contributed by atoms with Gasteiger partial charge < -0.3 is 14.8 Å². The molecule has 1 N–H and O–H groups in total. The minimum Gasteiger partial charge on any atom is -0.491 e. The SMILES string of the molecule is Cc1nc(/C=C/C(=O)Nc2cccc(OCC3CCCO3)c2)cs1. The summed E-state index contributed by atoms with van der Waals surface area (Å²) in [5, 5.41) is 5.72. The number of hydrogen-bond donors (Lipinski definition) is 1. The summed E-state index contributed by atoms with van der Waals surface area (Å²) in [4.78, 5) is 16.3. The molecule has 0 radical (unpaired) electrons. The molecule has 24 heavy (non-hydrogen) atoms. The highest BCUT2D eigenvalue weighted by Crippen LogP contribution is 2.20. The summed E-state index contributed by atoms with van der Waals surface area (Å²) in [6.07, 6.45) is 5.49. The quantitative estimate of drug-likeness (QED) is 0.813. The average molecular weight is 344 g/mol. The molecule has 1 aromatic heterocycles. The van der Waals surface area contributed by atoms with Crippen molar-refractivity contribution in [2.75, 3.05) is 18.5 Å². The molecule has 1 unspecified atom stereocenters. The Morgan fingerprint density at radius 1 is 1.54 bits per heavy atom. The minimum atomic E-state index is -0.197. The Labute approximate surface area is 145 Å². The van der Waals surface area contributed by atoms with E-state index in [1.165, 1.54) is 6.08 Å². The summed E-state index contributed by atoms with van der Waals surface area (Å²) in [7, 11) is 0. The molecule has 0 bridgehead atoms. The topological polar surface area (TPSA) is 60.5 Å². The number of aryl methyl sites for hydroxylation is 1. The van der Waals surface area contributed by atoms with Gasteiger partial charge >= 0.3 is 0 Å². The Morgan fingerprint density at radius 2 is 2.46 bits per heavy atom. The number of benzene rings is 1. The van der Waals surface area contributed by atoms with E-state index in [0.29, 0.717) is 12.3 Å². The number of aromatic nitrogens is 1. The summed E-state index contributed by atoms with van der Waals surface area (Å²) in [5.41, 5.74) is 1.49. The third-order valence-electron chi connectivity index (χ3n) is 3.60. The van der Waals surface area contributed by atoms with Crippen LogP contribution in [0.2, 0.25) is 0 Å². The molecule has 5 nitrogen and oxygen atoms in total. The average Bonchev–Trinajstić information content (AvgIpc) is 3.23. The molecule has 6 heteroatoms. The lowest BCUT2D eigenvalue weighted by Crippen LogP contribution is -2.16. The number of nitrogens with one attached hydrogen (secondary N) is 1. The maximum Gasteiger partial charge on any atom is 0.248 e. The standard InChI is InChI=1S/C18H20N2O3S/c1-13-19-15(12-24-13)7-8-18(21)20-14-4-2-5-16(10-14)23-11-17-6-3-9-22-17/h2,4-5,7-8,10,12,17H,3,6,9,11H2,1H3,(H,20,21)/b8-7+. The van der Waals surface area contributed by atoms with Crippen molar-refractivity contribution >= 4 is 29.0 Å². The molecule has 0 aliphatic carbocycles. The summed E-state index contributed by atoms with van der Waals surface area (Å²) < 4.78 is 11.3. The van der Waals surface area contributed by atoms with E-state index in [-0.39, 0.29) is 12.0 Å². The Hall–Kier alpha value is -2.18. The van der Waals surface area contributed by atoms with E-state index in [1.807, 2.05) is 36.6 Å². The zero-order chi connectivity index (χ0) is 16.8. The monoisotopic (exact) mass is 344 g/mol. The molecule has 1 aliphatic heterocycles. The van der Waals surface area contributed by atoms with Crippen molar-refractivity contribution in [3.63, 3.8) is 0 Å². The van der Waals surface area contributed by atoms with Gasteiger partial charge in [0, 0.05) is 29.8 Å². The first kappa shape index (κ1) is 16.7. The van der Waals surface area contributed by atoms with Crippen LogP contribution in [0.1, 0.15) is 23.5 Å². The fraction of sp³-hybridized carbons (Fsp3) is 0.333. The van der Waals surface area contributed by atoms with E-state index in [9.17, 15) is 4.79 Å². The van der Waals surface area contributed by atoms with Gasteiger partial charge in [-0.2, -0.15) is 0 Å². The highest BCUT2D eigenvalue weighted by atomic mass is 32.1. The first-order valence-corrected chi connectivity index (χ1v) is 8.83. The molecular weight excluding hydrogens is 324 g/mol. The smallest absolute Gasteiger partial charge is 0.248 e. The van der Waals surface area contributed by atoms with Crippen molar-refractivity contribution in [2.24, 2.45) is 0 Å². The zero-order valence-electron chi connectivity index (χ0n) is 13.5. The Bertz CT molecular complexity index is 721. The van der Waals surface area contributed by atoms with E-state index < -0.39 is 0 Å². The van der Waals surface area contributed by atoms with Crippen LogP contribution in [0.15, 0.2) is 35.7 Å². The third-order valence-corrected chi connectivity index (χ3v) is 4.40. The molecule has 1 saturated heterocycles. The minimum absolute atomic E-state index is 0.174. The van der Waals surface area contributed by atoms with Crippen LogP contribution in [0.3, 0.4) is 0 Å². The highest BCUT2D eigenvalue weighted by Gasteiger charge is 2.16. The van der Waals surface area contributed by atoms with Crippen molar-refractivity contribution in [2.45, 2.75) is 25.9 Å². The van der Waals surface area contributed by atoms with Crippen LogP contribution in [0.25, 0.3) is 6.08 Å². The van der Waals surface area contributed by atoms with Crippen LogP contribution >= 0.6 is 11.3 Å². The van der Waals surface area contributed by atoms with Crippen molar-refractivity contribution in [3.8, 4) is 5.75 Å². The lowest BCUT2D eigenvalue weighted by Gasteiger charge is -2.12. The van der Waals surface area contributed by atoms with Crippen LogP contribution in [-0.2, 0) is 9.53 Å². The van der Waals surface area contributed by atoms with Gasteiger partial charge in [0.1, 0.15) is 12.4 Å². The molecule has 1 fully saturated rings. The lowest BCUT2D eigenvalue weighted by molar-refractivity contribution is -0.111. The van der Waals surface area contributed by atoms with Crippen LogP contribution < -0.4 is 10.1 Å². The van der Waals surface area contributed by atoms with Gasteiger partial charge in [-0.1, -0.05) is 6.07 Å². The number of carbonyl (C=O) groups excluding carboxylic acids is 1. The van der Waals surface area contributed by atoms with Crippen LogP contribution in [0.4, 0.5) is 5.69 Å². The van der Waals surface area contributed by atoms with Crippen LogP contribution in [0.5, 0.6) is 5.75 Å². The van der Waals surface area contributed by atoms with E-state index in [4.69, 9.17) is 9.47 Å². The summed E-state index contributed by atoms with van der Waals surface area (Å²) in [5.74, 6) is 0.527. The van der Waals surface area contributed by atoms with Gasteiger partial charge in [0.05, 0.1) is 16.8 Å². The van der Waals surface area contributed by atoms with Crippen molar-refractivity contribution in [1.29, 1.82) is 0 Å². The van der Waals surface area contributed by atoms with Crippen LogP contribution in [0, 0.1) is 6.92 Å². The number of thiazole rings is 1. The normalized spacial score (nSPS) is 17.3. The molecule has 3 rings (SSSR count). The second kappa shape index (κ2) is 8.08. The largest absolute Gasteiger partial charge is 0.491 e. The Morgan fingerprint density at radius 3 is 3.21 bits per heavy atom. The molecular formula is C18H20N2O3S. The fourth-order valence-corrected chi connectivity index (χ4v) is 3.01. The molecule has 2 aromatic rings. The summed E-state index contributed by atoms with van der Waals surface area (Å²) >= 11 is 1.56. The maximum atomic E-state index is 12.0. The van der Waals surface area contributed by atoms with E-state index in [2.05, 4.69) is 10.3 Å². The number of carbonyl (C=O) groups is 1. The molecule has 2 heterocycles. The predicted octanol–water partition coefficient (Wildman–Crippen LogP) is 3.66. The summed E-state index contributed by atoms with van der Waals surface area (Å²) in [6.45, 7) is 3.29. The van der Waals surface area contributed by atoms with Gasteiger partial charge in [-0.05, 0) is 38.0 Å². The molecule has 1 aromatic carbocycles. The number of anilines is 1. The Kier molecular flexibility index (Phi) is 5.61. The van der Waals surface area contributed by atoms with Gasteiger partial charge in [-0.25, -0.2) is 4.98 Å². The highest BCUT2D eigenvalue weighted by molar-refractivity contribution is 7.09. The lowest BCUT2D eigenvalue weighted by atomic mass is 10.2. The van der Waals surface area contributed by atoms with Crippen molar-refractivity contribution < 1.29 is 14.3 Å². The number of hydrogen-bond acceptors (Lipinski definition) is 5. The third kappa shape index (κ3) is 4.91. The Balaban J connectivity index is 1.53. The van der Waals surface area contributed by atoms with Crippen molar-refractivity contribution in [1.82, 2.24) is 4.98 Å². The van der Waals surface area contributed by atoms with Gasteiger partial charge in [0.25, 0.3) is 0 Å². The second-order valence-electron chi connectivity index (χ2n) is 5.59. The van der Waals surface area contributed by atoms with Gasteiger partial charge in [-0.3, -0.25) is 4.79 Å². The molecule has 1 atom stereocenters. The zero-order valence-corrected chi connectivity index (χ0v) is 14.3. The predicted molar refractivity (Wildman–Crippen MR) is 95.4 cm³/mol. The van der Waals surface area contributed by atoms with E-state index >= 15 is 0 Å². The second-order valence-corrected chi connectivity index (χ2v) is 6.65. The number of nitrogens with zero attached hydrogens (tertiary/aromatic N) is 1. The fourth-order valence-electron chi connectivity index (χ4n) is 2.43. The van der Waals surface area contributed by atoms with Gasteiger partial charge in [0.2, 0.25) is 5.91 Å². The molecule has 1 aliphatic rings. The molecule has 126 valence electrons. The number of rotatable bonds is 6. The first-order chi connectivity index (χ1) is 11.7. The number of ether oxygens (including phenoxy) is 2. The molecule has 0 saturated carbocycles. The van der Waals surface area contributed by atoms with Gasteiger partial charge in [0.15, 0.2) is 0 Å². The van der Waals surface area contributed by atoms with E-state index in [1.54, 1.807) is 17.4 Å². The van der Waals surface area contributed by atoms with Crippen LogP contribution in [-0.4, -0.2) is 30.2 Å². The molecule has 0 spiro atoms. The molecule has 1 amide bonds. The van der Waals surface area contributed by atoms with E-state index in [0.717, 1.165) is 35.9 Å². The van der Waals surface area contributed by atoms with Gasteiger partial charge in [-0.15, -0.1) is 11.3 Å². The van der Waals surface area contributed by atoms with Crippen molar-refractivity contribution in [3.05, 3.63) is 46.4 Å². The first-order valence-electron chi connectivity index (χ1n) is 7.95.